The van der Waals surface area contributed by atoms with E-state index in [0.29, 0.717) is 41.8 Å². The molecule has 0 unspecified atom stereocenters. The lowest BCUT2D eigenvalue weighted by Gasteiger charge is -2.27. The number of amides is 1. The Morgan fingerprint density at radius 1 is 1.14 bits per heavy atom. The van der Waals surface area contributed by atoms with Gasteiger partial charge in [-0.2, -0.15) is 18.2 Å². The van der Waals surface area contributed by atoms with Crippen LogP contribution in [-0.2, 0) is 6.18 Å². The Morgan fingerprint density at radius 3 is 2.74 bits per heavy atom. The van der Waals surface area contributed by atoms with Crippen LogP contribution in [0.5, 0.6) is 0 Å². The highest BCUT2D eigenvalue weighted by Gasteiger charge is 2.32. The van der Waals surface area contributed by atoms with Crippen LogP contribution in [0.3, 0.4) is 0 Å². The molecule has 0 bridgehead atoms. The van der Waals surface area contributed by atoms with Gasteiger partial charge in [-0.3, -0.25) is 9.79 Å². The van der Waals surface area contributed by atoms with Crippen LogP contribution in [0.15, 0.2) is 53.7 Å². The summed E-state index contributed by atoms with van der Waals surface area (Å²) in [5.41, 5.74) is 0.596. The van der Waals surface area contributed by atoms with Gasteiger partial charge in [-0.25, -0.2) is 9.37 Å². The number of aromatic nitrogens is 2. The van der Waals surface area contributed by atoms with Crippen molar-refractivity contribution in [2.24, 2.45) is 4.99 Å². The maximum absolute atomic E-state index is 14.6. The third kappa shape index (κ3) is 4.20. The van der Waals surface area contributed by atoms with E-state index in [2.05, 4.69) is 25.6 Å². The van der Waals surface area contributed by atoms with Gasteiger partial charge in [-0.1, -0.05) is 12.1 Å². The van der Waals surface area contributed by atoms with E-state index in [-0.39, 0.29) is 11.3 Å². The first-order valence-electron chi connectivity index (χ1n) is 10.6. The Balaban J connectivity index is 1.50. The molecule has 1 aromatic heterocycles. The standard InChI is InChI=1S/C24H18F4N6O/c1-29-23-31-12-14-10-17(21-30-7-8-34(21)20(14)33-23)13-5-6-19(25)18(9-13)22(35)32-16-4-2-3-15(11-16)24(26,27)28/h2-6,9-12H,7-8H2,1H3,(H,32,35)(H,29,31,33). The third-order valence-electron chi connectivity index (χ3n) is 5.63. The van der Waals surface area contributed by atoms with E-state index in [1.54, 1.807) is 13.2 Å². The van der Waals surface area contributed by atoms with Crippen LogP contribution in [0.25, 0.3) is 11.6 Å². The van der Waals surface area contributed by atoms with Crippen molar-refractivity contribution >= 4 is 40.8 Å². The van der Waals surface area contributed by atoms with Crippen molar-refractivity contribution in [2.45, 2.75) is 6.18 Å². The largest absolute Gasteiger partial charge is 0.416 e. The minimum Gasteiger partial charge on any atom is -0.357 e. The summed E-state index contributed by atoms with van der Waals surface area (Å²) in [7, 11) is 1.72. The molecule has 0 spiro atoms. The van der Waals surface area contributed by atoms with E-state index in [1.165, 1.54) is 24.3 Å². The number of nitrogens with zero attached hydrogens (tertiary/aromatic N) is 4. The molecule has 2 N–H and O–H groups in total. The Labute approximate surface area is 197 Å². The number of fused-ring (bicyclic) bond motifs is 3. The summed E-state index contributed by atoms with van der Waals surface area (Å²) < 4.78 is 53.6. The van der Waals surface area contributed by atoms with E-state index < -0.39 is 23.5 Å². The Morgan fingerprint density at radius 2 is 1.97 bits per heavy atom. The second kappa shape index (κ2) is 8.49. The number of aliphatic imine (C=N–C) groups is 1. The summed E-state index contributed by atoms with van der Waals surface area (Å²) in [6.45, 7) is 1.14. The maximum Gasteiger partial charge on any atom is 0.416 e. The van der Waals surface area contributed by atoms with Gasteiger partial charge in [0, 0.05) is 36.6 Å². The van der Waals surface area contributed by atoms with Crippen molar-refractivity contribution in [3.63, 3.8) is 0 Å². The van der Waals surface area contributed by atoms with Crippen molar-refractivity contribution in [1.29, 1.82) is 0 Å². The van der Waals surface area contributed by atoms with Gasteiger partial charge in [0.2, 0.25) is 5.95 Å². The molecule has 5 rings (SSSR count). The molecule has 0 atom stereocenters. The highest BCUT2D eigenvalue weighted by molar-refractivity contribution is 6.35. The highest BCUT2D eigenvalue weighted by Crippen LogP contribution is 2.36. The average Bonchev–Trinajstić information content (AvgIpc) is 3.33. The fourth-order valence-corrected chi connectivity index (χ4v) is 3.98. The van der Waals surface area contributed by atoms with Crippen LogP contribution in [-0.4, -0.2) is 41.8 Å². The molecule has 35 heavy (non-hydrogen) atoms. The topological polar surface area (TPSA) is 82.5 Å². The molecule has 0 fully saturated rings. The molecule has 2 aliphatic rings. The molecule has 3 heterocycles. The third-order valence-corrected chi connectivity index (χ3v) is 5.63. The van der Waals surface area contributed by atoms with Gasteiger partial charge in [-0.05, 0) is 42.0 Å². The van der Waals surface area contributed by atoms with Crippen LogP contribution in [0.4, 0.5) is 35.0 Å². The Hall–Kier alpha value is -4.28. The number of carbonyl (C=O) groups is 1. The van der Waals surface area contributed by atoms with Gasteiger partial charge in [0.05, 0.1) is 17.7 Å². The van der Waals surface area contributed by atoms with Gasteiger partial charge < -0.3 is 15.5 Å². The van der Waals surface area contributed by atoms with Crippen LogP contribution in [0.2, 0.25) is 0 Å². The van der Waals surface area contributed by atoms with Gasteiger partial charge in [0.1, 0.15) is 17.5 Å². The van der Waals surface area contributed by atoms with Crippen LogP contribution in [0, 0.1) is 5.82 Å². The molecule has 3 aromatic rings. The summed E-state index contributed by atoms with van der Waals surface area (Å²) in [5.74, 6) is 0.111. The second-order valence-corrected chi connectivity index (χ2v) is 7.86. The number of hydrogen-bond acceptors (Lipinski definition) is 6. The molecule has 2 aliphatic heterocycles. The minimum absolute atomic E-state index is 0.0933. The van der Waals surface area contributed by atoms with E-state index in [0.717, 1.165) is 23.8 Å². The molecule has 0 saturated heterocycles. The van der Waals surface area contributed by atoms with Gasteiger partial charge in [0.25, 0.3) is 5.91 Å². The number of carbonyl (C=O) groups excluding carboxylic acids is 1. The zero-order valence-corrected chi connectivity index (χ0v) is 18.3. The van der Waals surface area contributed by atoms with Crippen molar-refractivity contribution < 1.29 is 22.4 Å². The minimum atomic E-state index is -4.57. The Bertz CT molecular complexity index is 1400. The average molecular weight is 482 g/mol. The zero-order valence-electron chi connectivity index (χ0n) is 18.3. The van der Waals surface area contributed by atoms with Gasteiger partial charge in [0.15, 0.2) is 0 Å². The van der Waals surface area contributed by atoms with E-state index in [4.69, 9.17) is 0 Å². The number of nitrogens with one attached hydrogen (secondary N) is 2. The normalized spacial score (nSPS) is 14.6. The van der Waals surface area contributed by atoms with Crippen LogP contribution >= 0.6 is 0 Å². The van der Waals surface area contributed by atoms with Crippen molar-refractivity contribution in [3.8, 4) is 0 Å². The fraction of sp³-hybridized carbons (Fsp3) is 0.167. The van der Waals surface area contributed by atoms with Crippen molar-refractivity contribution in [2.75, 3.05) is 35.7 Å². The number of anilines is 3. The highest BCUT2D eigenvalue weighted by atomic mass is 19.4. The van der Waals surface area contributed by atoms with Crippen molar-refractivity contribution in [1.82, 2.24) is 9.97 Å². The summed E-state index contributed by atoms with van der Waals surface area (Å²) >= 11 is 0. The van der Waals surface area contributed by atoms with Crippen LogP contribution < -0.4 is 15.5 Å². The second-order valence-electron chi connectivity index (χ2n) is 7.86. The predicted molar refractivity (Wildman–Crippen MR) is 125 cm³/mol. The number of amidine groups is 1. The molecule has 11 heteroatoms. The molecule has 178 valence electrons. The first-order valence-corrected chi connectivity index (χ1v) is 10.6. The summed E-state index contributed by atoms with van der Waals surface area (Å²) in [5, 5.41) is 5.25. The Kier molecular flexibility index (Phi) is 5.46. The number of alkyl halides is 3. The van der Waals surface area contributed by atoms with Crippen molar-refractivity contribution in [3.05, 3.63) is 76.7 Å². The number of rotatable bonds is 4. The molecule has 7 nitrogen and oxygen atoms in total. The molecule has 0 radical (unpaired) electrons. The molecular weight excluding hydrogens is 464 g/mol. The number of hydrogen-bond donors (Lipinski definition) is 2. The lowest BCUT2D eigenvalue weighted by atomic mass is 9.96. The summed E-state index contributed by atoms with van der Waals surface area (Å²) in [4.78, 5) is 28.1. The zero-order chi connectivity index (χ0) is 24.7. The predicted octanol–water partition coefficient (Wildman–Crippen LogP) is 4.70. The van der Waals surface area contributed by atoms with E-state index in [9.17, 15) is 22.4 Å². The maximum atomic E-state index is 14.6. The lowest BCUT2D eigenvalue weighted by Crippen LogP contribution is -2.32. The smallest absolute Gasteiger partial charge is 0.357 e. The quantitative estimate of drug-likeness (QED) is 0.527. The fourth-order valence-electron chi connectivity index (χ4n) is 3.98. The molecule has 0 aliphatic carbocycles. The first-order chi connectivity index (χ1) is 16.7. The SMILES string of the molecule is CNc1ncc2c(n1)N1CCN=C1C(c1ccc(F)c(C(=O)Nc3cccc(C(F)(F)F)c3)c1)=C2. The van der Waals surface area contributed by atoms with Crippen LogP contribution in [0.1, 0.15) is 27.0 Å². The monoisotopic (exact) mass is 482 g/mol. The summed E-state index contributed by atoms with van der Waals surface area (Å²) in [6, 6.07) is 8.19. The van der Waals surface area contributed by atoms with Gasteiger partial charge in [-0.15, -0.1) is 0 Å². The number of halogens is 4. The summed E-state index contributed by atoms with van der Waals surface area (Å²) in [6.07, 6.45) is -1.09. The van der Waals surface area contributed by atoms with E-state index in [1.807, 2.05) is 11.0 Å². The van der Waals surface area contributed by atoms with Gasteiger partial charge >= 0.3 is 6.18 Å². The van der Waals surface area contributed by atoms with E-state index >= 15 is 0 Å². The molecular formula is C24H18F4N6O. The molecule has 0 saturated carbocycles. The number of benzene rings is 2. The molecule has 1 amide bonds. The lowest BCUT2D eigenvalue weighted by molar-refractivity contribution is -0.137. The molecule has 2 aromatic carbocycles. The first kappa shape index (κ1) is 22.5.